The Bertz CT molecular complexity index is 548. The van der Waals surface area contributed by atoms with E-state index in [0.717, 1.165) is 0 Å². The molecule has 1 N–H and O–H groups in total. The Hall–Kier alpha value is -2.50. The lowest BCUT2D eigenvalue weighted by Crippen LogP contribution is -1.98. The number of hydrogen-bond acceptors (Lipinski definition) is 4. The van der Waals surface area contributed by atoms with Gasteiger partial charge in [0, 0.05) is 18.6 Å². The number of nitrogens with zero attached hydrogens (tertiary/aromatic N) is 3. The Morgan fingerprint density at radius 2 is 2.31 bits per heavy atom. The molecule has 0 unspecified atom stereocenters. The molecule has 16 heavy (non-hydrogen) atoms. The fraction of sp³-hybridized carbons (Fsp3) is 0. The van der Waals surface area contributed by atoms with E-state index in [1.54, 1.807) is 6.07 Å². The molecule has 2 aromatic rings. The maximum Gasteiger partial charge on any atom is 0.356 e. The van der Waals surface area contributed by atoms with Gasteiger partial charge < -0.3 is 9.67 Å². The van der Waals surface area contributed by atoms with E-state index in [1.807, 2.05) is 0 Å². The van der Waals surface area contributed by atoms with Crippen LogP contribution in [0.5, 0.6) is 0 Å². The van der Waals surface area contributed by atoms with E-state index < -0.39 is 5.97 Å². The van der Waals surface area contributed by atoms with Crippen molar-refractivity contribution in [3.63, 3.8) is 0 Å². The number of pyridine rings is 1. The first kappa shape index (κ1) is 10.0. The molecule has 0 saturated carbocycles. The molecule has 2 aromatic heterocycles. The summed E-state index contributed by atoms with van der Waals surface area (Å²) in [5, 5.41) is 8.71. The fourth-order valence-corrected chi connectivity index (χ4v) is 1.29. The highest BCUT2D eigenvalue weighted by atomic mass is 16.4. The van der Waals surface area contributed by atoms with Gasteiger partial charge in [0.2, 0.25) is 0 Å². The minimum absolute atomic E-state index is 0.0753. The largest absolute Gasteiger partial charge is 0.476 e. The zero-order chi connectivity index (χ0) is 11.5. The summed E-state index contributed by atoms with van der Waals surface area (Å²) < 4.78 is 1.47. The Balaban J connectivity index is 2.50. The van der Waals surface area contributed by atoms with Gasteiger partial charge in [-0.2, -0.15) is 0 Å². The lowest BCUT2D eigenvalue weighted by Gasteiger charge is -2.03. The van der Waals surface area contributed by atoms with Crippen LogP contribution in [0.25, 0.3) is 5.69 Å². The van der Waals surface area contributed by atoms with Gasteiger partial charge in [-0.15, -0.1) is 0 Å². The van der Waals surface area contributed by atoms with Crippen LogP contribution >= 0.6 is 0 Å². The van der Waals surface area contributed by atoms with Gasteiger partial charge in [0.1, 0.15) is 6.33 Å². The molecular weight excluding hydrogens is 210 g/mol. The number of carbonyl (C=O) groups is 2. The van der Waals surface area contributed by atoms with E-state index in [1.165, 1.54) is 29.5 Å². The van der Waals surface area contributed by atoms with Gasteiger partial charge in [-0.1, -0.05) is 0 Å². The second kappa shape index (κ2) is 3.93. The first-order valence-corrected chi connectivity index (χ1v) is 4.39. The van der Waals surface area contributed by atoms with Crippen LogP contribution in [0.1, 0.15) is 20.8 Å². The van der Waals surface area contributed by atoms with Gasteiger partial charge in [0.05, 0.1) is 11.3 Å². The maximum atomic E-state index is 10.8. The number of carbonyl (C=O) groups excluding carboxylic acids is 1. The Labute approximate surface area is 90.2 Å². The summed E-state index contributed by atoms with van der Waals surface area (Å²) in [6.45, 7) is 0. The van der Waals surface area contributed by atoms with Gasteiger partial charge in [0.25, 0.3) is 0 Å². The van der Waals surface area contributed by atoms with Crippen molar-refractivity contribution in [3.8, 4) is 5.69 Å². The van der Waals surface area contributed by atoms with E-state index in [0.29, 0.717) is 17.5 Å². The Morgan fingerprint density at radius 1 is 1.50 bits per heavy atom. The van der Waals surface area contributed by atoms with Gasteiger partial charge >= 0.3 is 5.97 Å². The predicted octanol–water partition coefficient (Wildman–Crippen LogP) is 0.778. The van der Waals surface area contributed by atoms with E-state index in [-0.39, 0.29) is 5.69 Å². The van der Waals surface area contributed by atoms with Gasteiger partial charge in [-0.3, -0.25) is 9.78 Å². The smallest absolute Gasteiger partial charge is 0.356 e. The van der Waals surface area contributed by atoms with Gasteiger partial charge in [-0.05, 0) is 6.07 Å². The summed E-state index contributed by atoms with van der Waals surface area (Å²) >= 11 is 0. The number of imidazole rings is 1. The van der Waals surface area contributed by atoms with Crippen molar-refractivity contribution in [3.05, 3.63) is 42.2 Å². The highest BCUT2D eigenvalue weighted by Crippen LogP contribution is 2.11. The third-order valence-corrected chi connectivity index (χ3v) is 2.03. The number of aromatic nitrogens is 3. The molecule has 0 amide bonds. The van der Waals surface area contributed by atoms with Crippen molar-refractivity contribution in [2.45, 2.75) is 0 Å². The van der Waals surface area contributed by atoms with Crippen molar-refractivity contribution in [1.29, 1.82) is 0 Å². The van der Waals surface area contributed by atoms with Crippen LogP contribution in [0.2, 0.25) is 0 Å². The van der Waals surface area contributed by atoms with Gasteiger partial charge in [0.15, 0.2) is 12.0 Å². The van der Waals surface area contributed by atoms with E-state index in [4.69, 9.17) is 5.11 Å². The van der Waals surface area contributed by atoms with Crippen molar-refractivity contribution < 1.29 is 14.7 Å². The number of aromatic carboxylic acids is 1. The number of hydrogen-bond donors (Lipinski definition) is 1. The lowest BCUT2D eigenvalue weighted by atomic mass is 10.2. The summed E-state index contributed by atoms with van der Waals surface area (Å²) in [7, 11) is 0. The normalized spacial score (nSPS) is 10.0. The van der Waals surface area contributed by atoms with Crippen molar-refractivity contribution >= 4 is 12.3 Å². The molecule has 0 aliphatic rings. The van der Waals surface area contributed by atoms with E-state index in [9.17, 15) is 9.59 Å². The van der Waals surface area contributed by atoms with Crippen LogP contribution in [0.4, 0.5) is 0 Å². The molecule has 6 nitrogen and oxygen atoms in total. The first-order chi connectivity index (χ1) is 7.72. The summed E-state index contributed by atoms with van der Waals surface area (Å²) in [5.41, 5.74) is 0.843. The molecule has 0 aliphatic carbocycles. The van der Waals surface area contributed by atoms with Crippen LogP contribution in [-0.2, 0) is 0 Å². The average molecular weight is 217 g/mol. The summed E-state index contributed by atoms with van der Waals surface area (Å²) in [4.78, 5) is 28.9. The second-order valence-corrected chi connectivity index (χ2v) is 3.02. The minimum Gasteiger partial charge on any atom is -0.476 e. The Morgan fingerprint density at radius 3 is 2.94 bits per heavy atom. The van der Waals surface area contributed by atoms with Crippen LogP contribution < -0.4 is 0 Å². The third kappa shape index (κ3) is 1.68. The minimum atomic E-state index is -1.11. The summed E-state index contributed by atoms with van der Waals surface area (Å²) in [6.07, 6.45) is 6.25. The molecule has 0 bridgehead atoms. The van der Waals surface area contributed by atoms with Crippen LogP contribution in [0.15, 0.2) is 31.0 Å². The molecule has 80 valence electrons. The number of carboxylic acid groups (broad SMARTS) is 1. The topological polar surface area (TPSA) is 85.1 Å². The molecule has 0 saturated heterocycles. The molecule has 2 heterocycles. The number of carboxylic acids is 1. The molecule has 0 atom stereocenters. The second-order valence-electron chi connectivity index (χ2n) is 3.02. The SMILES string of the molecule is O=Cc1cnccc1-n1cnc(C(=O)O)c1. The lowest BCUT2D eigenvalue weighted by molar-refractivity contribution is 0.0691. The Kier molecular flexibility index (Phi) is 2.47. The summed E-state index contributed by atoms with van der Waals surface area (Å²) in [5.74, 6) is -1.11. The fourth-order valence-electron chi connectivity index (χ4n) is 1.29. The number of rotatable bonds is 3. The number of aldehydes is 1. The molecule has 2 rings (SSSR count). The molecule has 0 spiro atoms. The van der Waals surface area contributed by atoms with Crippen molar-refractivity contribution in [2.75, 3.05) is 0 Å². The van der Waals surface area contributed by atoms with Crippen molar-refractivity contribution in [2.24, 2.45) is 0 Å². The predicted molar refractivity (Wildman–Crippen MR) is 53.7 cm³/mol. The molecule has 0 aliphatic heterocycles. The zero-order valence-electron chi connectivity index (χ0n) is 8.07. The summed E-state index contributed by atoms with van der Waals surface area (Å²) in [6, 6.07) is 1.61. The quantitative estimate of drug-likeness (QED) is 0.768. The van der Waals surface area contributed by atoms with Crippen LogP contribution in [0, 0.1) is 0 Å². The molecule has 0 aromatic carbocycles. The average Bonchev–Trinajstić information content (AvgIpc) is 2.78. The molecule has 0 radical (unpaired) electrons. The zero-order valence-corrected chi connectivity index (χ0v) is 8.07. The monoisotopic (exact) mass is 217 g/mol. The highest BCUT2D eigenvalue weighted by Gasteiger charge is 2.09. The first-order valence-electron chi connectivity index (χ1n) is 4.39. The molecular formula is C10H7N3O3. The van der Waals surface area contributed by atoms with Crippen LogP contribution in [-0.4, -0.2) is 31.9 Å². The highest BCUT2D eigenvalue weighted by molar-refractivity contribution is 5.85. The van der Waals surface area contributed by atoms with Crippen LogP contribution in [0.3, 0.4) is 0 Å². The van der Waals surface area contributed by atoms with Crippen molar-refractivity contribution in [1.82, 2.24) is 14.5 Å². The third-order valence-electron chi connectivity index (χ3n) is 2.03. The van der Waals surface area contributed by atoms with E-state index >= 15 is 0 Å². The van der Waals surface area contributed by atoms with Gasteiger partial charge in [-0.25, -0.2) is 9.78 Å². The molecule has 0 fully saturated rings. The molecule has 6 heteroatoms. The van der Waals surface area contributed by atoms with E-state index in [2.05, 4.69) is 9.97 Å². The maximum absolute atomic E-state index is 10.8. The standard InChI is InChI=1S/C10H7N3O3/c14-5-7-3-11-2-1-9(7)13-4-8(10(15)16)12-6-13/h1-6H,(H,15,16).